The summed E-state index contributed by atoms with van der Waals surface area (Å²) in [6.07, 6.45) is 2.54. The quantitative estimate of drug-likeness (QED) is 0.248. The van der Waals surface area contributed by atoms with Gasteiger partial charge < -0.3 is 40.1 Å². The monoisotopic (exact) mass is 605 g/mol. The van der Waals surface area contributed by atoms with E-state index in [-0.39, 0.29) is 48.7 Å². The van der Waals surface area contributed by atoms with Gasteiger partial charge in [0.1, 0.15) is 17.4 Å². The molecule has 2 fully saturated rings. The lowest BCUT2D eigenvalue weighted by Crippen LogP contribution is -2.80. The van der Waals surface area contributed by atoms with E-state index in [0.29, 0.717) is 35.9 Å². The minimum atomic E-state index is -1.14. The number of aromatic hydroxyl groups is 1. The number of nitrogens with one attached hydrogen (secondary N) is 1. The van der Waals surface area contributed by atoms with Crippen LogP contribution in [0.2, 0.25) is 0 Å². The molecule has 234 valence electrons. The van der Waals surface area contributed by atoms with Crippen LogP contribution in [0, 0.1) is 0 Å². The lowest BCUT2D eigenvalue weighted by Gasteiger charge is -2.64. The number of likely N-dealkylation sites (N-methyl/N-ethyl adjacent to an activating group) is 2. The van der Waals surface area contributed by atoms with Crippen molar-refractivity contribution in [2.75, 3.05) is 40.3 Å². The second-order valence-corrected chi connectivity index (χ2v) is 13.0. The van der Waals surface area contributed by atoms with Crippen molar-refractivity contribution in [1.82, 2.24) is 10.2 Å². The molecule has 1 saturated carbocycles. The van der Waals surface area contributed by atoms with E-state index < -0.39 is 29.3 Å². The number of nitrogens with zero attached hydrogens (tertiary/aromatic N) is 2. The van der Waals surface area contributed by atoms with Gasteiger partial charge in [0, 0.05) is 45.0 Å². The number of hydrogen-bond acceptors (Lipinski definition) is 8. The molecular formula is C33H41N4O7+. The van der Waals surface area contributed by atoms with Crippen LogP contribution < -0.4 is 20.5 Å². The number of phenolic OH excluding ortho intramolecular Hbond substituents is 1. The zero-order valence-corrected chi connectivity index (χ0v) is 25.3. The number of benzene rings is 2. The molecule has 2 heterocycles. The molecular weight excluding hydrogens is 564 g/mol. The Labute approximate surface area is 256 Å². The number of hydrogen-bond donors (Lipinski definition) is 4. The van der Waals surface area contributed by atoms with Gasteiger partial charge in [-0.2, -0.15) is 0 Å². The maximum absolute atomic E-state index is 13.3. The van der Waals surface area contributed by atoms with Crippen molar-refractivity contribution in [2.45, 2.75) is 61.3 Å². The normalized spacial score (nSPS) is 30.0. The molecule has 11 nitrogen and oxygen atoms in total. The van der Waals surface area contributed by atoms with Gasteiger partial charge in [0.05, 0.1) is 31.6 Å². The Kier molecular flexibility index (Phi) is 7.46. The second-order valence-electron chi connectivity index (χ2n) is 13.0. The number of phenols is 1. The summed E-state index contributed by atoms with van der Waals surface area (Å²) in [6, 6.07) is 9.23. The fraction of sp³-hybridized carbons (Fsp3) is 0.485. The van der Waals surface area contributed by atoms with E-state index in [9.17, 15) is 24.6 Å². The van der Waals surface area contributed by atoms with Gasteiger partial charge >= 0.3 is 6.09 Å². The van der Waals surface area contributed by atoms with Gasteiger partial charge in [0.15, 0.2) is 23.4 Å². The fourth-order valence-electron chi connectivity index (χ4n) is 8.13. The maximum atomic E-state index is 13.3. The number of ether oxygens (including phenoxy) is 2. The summed E-state index contributed by atoms with van der Waals surface area (Å²) < 4.78 is 12.8. The first-order valence-corrected chi connectivity index (χ1v) is 15.2. The highest BCUT2D eigenvalue weighted by atomic mass is 16.6. The van der Waals surface area contributed by atoms with E-state index in [4.69, 9.17) is 15.2 Å². The zero-order valence-electron chi connectivity index (χ0n) is 25.3. The Morgan fingerprint density at radius 3 is 2.75 bits per heavy atom. The van der Waals surface area contributed by atoms with Gasteiger partial charge in [0.2, 0.25) is 5.91 Å². The Balaban J connectivity index is 1.15. The van der Waals surface area contributed by atoms with Crippen LogP contribution in [0.1, 0.15) is 36.0 Å². The third-order valence-corrected chi connectivity index (χ3v) is 10.4. The number of nitrogens with two attached hydrogens (primary N) is 1. The SMILES string of the molecule is C=CC[N+]1(C)CC[C@]23c4c5ccc(OC(=O)N(C)CCNC(=O)[C@@H](N)Cc6ccc(O)cc6)c4O[C@H]2C(=O)CC[C@@]3(O)[C@H]1C5. The number of quaternary nitrogens is 1. The van der Waals surface area contributed by atoms with E-state index in [0.717, 1.165) is 29.8 Å². The summed E-state index contributed by atoms with van der Waals surface area (Å²) in [6.45, 7) is 5.78. The molecule has 1 saturated heterocycles. The standard InChI is InChI=1S/C33H40N4O7/c1-4-16-37(3)17-13-32-27-21-7-10-25(28(27)44-29(32)24(39)11-12-33(32,42)26(37)19-21)43-31(41)36(2)15-14-35-30(40)23(34)18-20-5-8-22(38)9-6-20/h4-10,23,26,29,42H,1,11-19,34H2,2-3H3,(H-,35,38,40)/p+1/t23-,26+,29-,32-,33+,37?/m0/s1. The lowest BCUT2D eigenvalue weighted by atomic mass is 9.48. The van der Waals surface area contributed by atoms with E-state index in [1.54, 1.807) is 25.2 Å². The number of carbonyl (C=O) groups is 3. The maximum Gasteiger partial charge on any atom is 0.415 e. The Bertz CT molecular complexity index is 1510. The van der Waals surface area contributed by atoms with E-state index >= 15 is 0 Å². The number of Topliss-reactive ketones (excluding diaryl/α,β-unsaturated/α-hetero) is 1. The molecule has 1 spiro atoms. The molecule has 2 amide bonds. The van der Waals surface area contributed by atoms with Crippen LogP contribution in [-0.4, -0.2) is 101 Å². The van der Waals surface area contributed by atoms with Crippen molar-refractivity contribution >= 4 is 17.8 Å². The van der Waals surface area contributed by atoms with Crippen molar-refractivity contribution in [3.8, 4) is 17.2 Å². The molecule has 0 radical (unpaired) electrons. The van der Waals surface area contributed by atoms with Gasteiger partial charge in [-0.1, -0.05) is 24.8 Å². The first kappa shape index (κ1) is 30.1. The molecule has 6 atom stereocenters. The minimum Gasteiger partial charge on any atom is -0.508 e. The summed E-state index contributed by atoms with van der Waals surface area (Å²) in [5.74, 6) is 0.329. The molecule has 0 aromatic heterocycles. The fourth-order valence-corrected chi connectivity index (χ4v) is 8.13. The Hall–Kier alpha value is -3.93. The highest BCUT2D eigenvalue weighted by Gasteiger charge is 2.76. The van der Waals surface area contributed by atoms with E-state index in [2.05, 4.69) is 18.9 Å². The molecule has 2 bridgehead atoms. The van der Waals surface area contributed by atoms with Crippen LogP contribution in [0.3, 0.4) is 0 Å². The van der Waals surface area contributed by atoms with Gasteiger partial charge in [-0.05, 0) is 48.2 Å². The molecule has 6 rings (SSSR count). The number of likely N-dealkylation sites (tertiary alicyclic amines) is 1. The van der Waals surface area contributed by atoms with Crippen molar-refractivity contribution < 1.29 is 38.6 Å². The predicted octanol–water partition coefficient (Wildman–Crippen LogP) is 1.56. The Morgan fingerprint density at radius 1 is 1.27 bits per heavy atom. The van der Waals surface area contributed by atoms with Crippen LogP contribution in [-0.2, 0) is 27.8 Å². The third kappa shape index (κ3) is 4.56. The first-order chi connectivity index (χ1) is 20.9. The van der Waals surface area contributed by atoms with Crippen LogP contribution in [0.15, 0.2) is 49.1 Å². The van der Waals surface area contributed by atoms with Gasteiger partial charge in [-0.25, -0.2) is 4.79 Å². The average Bonchev–Trinajstić information content (AvgIpc) is 3.36. The van der Waals surface area contributed by atoms with Crippen LogP contribution >= 0.6 is 0 Å². The molecule has 2 aromatic rings. The lowest BCUT2D eigenvalue weighted by molar-refractivity contribution is -0.944. The van der Waals surface area contributed by atoms with E-state index in [1.807, 2.05) is 12.1 Å². The topological polar surface area (TPSA) is 151 Å². The van der Waals surface area contributed by atoms with Gasteiger partial charge in [0.25, 0.3) is 0 Å². The number of piperidine rings is 1. The third-order valence-electron chi connectivity index (χ3n) is 10.4. The molecule has 11 heteroatoms. The van der Waals surface area contributed by atoms with Crippen LogP contribution in [0.25, 0.3) is 0 Å². The van der Waals surface area contributed by atoms with Crippen molar-refractivity contribution in [2.24, 2.45) is 5.73 Å². The van der Waals surface area contributed by atoms with Crippen molar-refractivity contribution in [1.29, 1.82) is 0 Å². The van der Waals surface area contributed by atoms with E-state index in [1.165, 1.54) is 17.0 Å². The van der Waals surface area contributed by atoms with Gasteiger partial charge in [-0.15, -0.1) is 0 Å². The second kappa shape index (κ2) is 10.9. The van der Waals surface area contributed by atoms with Crippen LogP contribution in [0.5, 0.6) is 17.2 Å². The van der Waals surface area contributed by atoms with Gasteiger partial charge in [-0.3, -0.25) is 9.59 Å². The highest BCUT2D eigenvalue weighted by molar-refractivity contribution is 5.90. The van der Waals surface area contributed by atoms with Crippen molar-refractivity contribution in [3.05, 3.63) is 65.7 Å². The summed E-state index contributed by atoms with van der Waals surface area (Å²) in [5.41, 5.74) is 6.66. The summed E-state index contributed by atoms with van der Waals surface area (Å²) >= 11 is 0. The number of aliphatic hydroxyl groups is 1. The zero-order chi connectivity index (χ0) is 31.4. The predicted molar refractivity (Wildman–Crippen MR) is 161 cm³/mol. The summed E-state index contributed by atoms with van der Waals surface area (Å²) in [4.78, 5) is 40.3. The number of rotatable bonds is 9. The molecule has 2 aliphatic heterocycles. The molecule has 5 N–H and O–H groups in total. The van der Waals surface area contributed by atoms with Crippen molar-refractivity contribution in [3.63, 3.8) is 0 Å². The number of amides is 2. The first-order valence-electron chi connectivity index (χ1n) is 15.2. The average molecular weight is 606 g/mol. The molecule has 2 aliphatic carbocycles. The largest absolute Gasteiger partial charge is 0.508 e. The molecule has 2 aromatic carbocycles. The molecule has 1 unspecified atom stereocenters. The smallest absolute Gasteiger partial charge is 0.415 e. The summed E-state index contributed by atoms with van der Waals surface area (Å²) in [5, 5.41) is 24.6. The molecule has 44 heavy (non-hydrogen) atoms. The summed E-state index contributed by atoms with van der Waals surface area (Å²) in [7, 11) is 3.72. The minimum absolute atomic E-state index is 0.0361. The molecule has 4 aliphatic rings. The highest BCUT2D eigenvalue weighted by Crippen LogP contribution is 2.65. The Morgan fingerprint density at radius 2 is 2.02 bits per heavy atom. The number of ketones is 1. The van der Waals surface area contributed by atoms with Crippen LogP contribution in [0.4, 0.5) is 4.79 Å². The number of carbonyl (C=O) groups excluding carboxylic acids is 3.